The van der Waals surface area contributed by atoms with Gasteiger partial charge in [0.15, 0.2) is 0 Å². The Labute approximate surface area is 137 Å². The third-order valence-corrected chi connectivity index (χ3v) is 3.82. The van der Waals surface area contributed by atoms with E-state index in [4.69, 9.17) is 5.11 Å². The van der Waals surface area contributed by atoms with Gasteiger partial charge < -0.3 is 5.11 Å². The molecule has 0 amide bonds. The first-order chi connectivity index (χ1) is 10.8. The topological polar surface area (TPSA) is 37.3 Å². The van der Waals surface area contributed by atoms with Gasteiger partial charge in [-0.05, 0) is 44.9 Å². The molecule has 1 N–H and O–H groups in total. The van der Waals surface area contributed by atoms with E-state index in [1.54, 1.807) is 0 Å². The monoisotopic (exact) mass is 308 g/mol. The van der Waals surface area contributed by atoms with Gasteiger partial charge in [0.1, 0.15) is 0 Å². The molecule has 0 saturated carbocycles. The summed E-state index contributed by atoms with van der Waals surface area (Å²) in [5.41, 5.74) is 0. The molecule has 0 aliphatic heterocycles. The standard InChI is InChI=1S/C20H36O2/c1-2-3-4-5-6-7-8-9-10-11-12-13-14-15-16-17-18-19-20(21)22/h6-7,10-11H,2-5,8-9,12-19H2,1H3,(H,21,22). The second-order valence-corrected chi connectivity index (χ2v) is 6.07. The summed E-state index contributed by atoms with van der Waals surface area (Å²) < 4.78 is 0. The maximum Gasteiger partial charge on any atom is 0.303 e. The van der Waals surface area contributed by atoms with Gasteiger partial charge in [0, 0.05) is 6.42 Å². The van der Waals surface area contributed by atoms with E-state index in [1.165, 1.54) is 70.6 Å². The largest absolute Gasteiger partial charge is 0.481 e. The van der Waals surface area contributed by atoms with E-state index in [-0.39, 0.29) is 0 Å². The molecule has 0 saturated heterocycles. The zero-order chi connectivity index (χ0) is 16.3. The predicted molar refractivity (Wildman–Crippen MR) is 96.2 cm³/mol. The summed E-state index contributed by atoms with van der Waals surface area (Å²) in [5.74, 6) is -0.666. The molecule has 0 unspecified atom stereocenters. The maximum absolute atomic E-state index is 10.3. The quantitative estimate of drug-likeness (QED) is 0.255. The van der Waals surface area contributed by atoms with Crippen molar-refractivity contribution in [3.05, 3.63) is 24.3 Å². The predicted octanol–water partition coefficient (Wildman–Crippen LogP) is 6.66. The van der Waals surface area contributed by atoms with E-state index in [2.05, 4.69) is 31.2 Å². The Kier molecular flexibility index (Phi) is 17.1. The lowest BCUT2D eigenvalue weighted by Crippen LogP contribution is -1.93. The van der Waals surface area contributed by atoms with Crippen LogP contribution in [-0.2, 0) is 4.79 Å². The van der Waals surface area contributed by atoms with Crippen molar-refractivity contribution in [2.75, 3.05) is 0 Å². The maximum atomic E-state index is 10.3. The van der Waals surface area contributed by atoms with E-state index < -0.39 is 5.97 Å². The van der Waals surface area contributed by atoms with Gasteiger partial charge in [-0.3, -0.25) is 4.79 Å². The van der Waals surface area contributed by atoms with E-state index in [0.29, 0.717) is 6.42 Å². The van der Waals surface area contributed by atoms with Crippen molar-refractivity contribution < 1.29 is 9.90 Å². The molecule has 0 aromatic carbocycles. The first kappa shape index (κ1) is 20.9. The van der Waals surface area contributed by atoms with Gasteiger partial charge in [0.05, 0.1) is 0 Å². The highest BCUT2D eigenvalue weighted by molar-refractivity contribution is 5.66. The highest BCUT2D eigenvalue weighted by Gasteiger charge is 1.96. The number of carbonyl (C=O) groups is 1. The van der Waals surface area contributed by atoms with Crippen molar-refractivity contribution in [2.24, 2.45) is 0 Å². The Hall–Kier alpha value is -1.05. The van der Waals surface area contributed by atoms with Crippen LogP contribution in [0.4, 0.5) is 0 Å². The van der Waals surface area contributed by atoms with Crippen LogP contribution in [0, 0.1) is 0 Å². The Morgan fingerprint density at radius 1 is 0.682 bits per heavy atom. The molecule has 0 aromatic rings. The summed E-state index contributed by atoms with van der Waals surface area (Å²) in [6.45, 7) is 2.24. The number of unbranched alkanes of at least 4 members (excludes halogenated alkanes) is 10. The van der Waals surface area contributed by atoms with Crippen LogP contribution >= 0.6 is 0 Å². The van der Waals surface area contributed by atoms with Crippen LogP contribution in [-0.4, -0.2) is 11.1 Å². The highest BCUT2D eigenvalue weighted by atomic mass is 16.4. The molecule has 128 valence electrons. The molecule has 0 spiro atoms. The lowest BCUT2D eigenvalue weighted by molar-refractivity contribution is -0.137. The summed E-state index contributed by atoms with van der Waals surface area (Å²) in [6.07, 6.45) is 25.2. The summed E-state index contributed by atoms with van der Waals surface area (Å²) in [5, 5.41) is 8.53. The molecule has 0 radical (unpaired) electrons. The van der Waals surface area contributed by atoms with Crippen molar-refractivity contribution in [1.29, 1.82) is 0 Å². The summed E-state index contributed by atoms with van der Waals surface area (Å²) in [6, 6.07) is 0. The summed E-state index contributed by atoms with van der Waals surface area (Å²) >= 11 is 0. The molecule has 2 nitrogen and oxygen atoms in total. The fourth-order valence-electron chi connectivity index (χ4n) is 2.42. The van der Waals surface area contributed by atoms with Gasteiger partial charge >= 0.3 is 5.97 Å². The van der Waals surface area contributed by atoms with Crippen LogP contribution in [0.3, 0.4) is 0 Å². The third kappa shape index (κ3) is 18.9. The van der Waals surface area contributed by atoms with Gasteiger partial charge in [0.2, 0.25) is 0 Å². The van der Waals surface area contributed by atoms with Crippen molar-refractivity contribution in [2.45, 2.75) is 96.8 Å². The normalized spacial score (nSPS) is 11.7. The van der Waals surface area contributed by atoms with Crippen LogP contribution in [0.25, 0.3) is 0 Å². The van der Waals surface area contributed by atoms with Gasteiger partial charge in [-0.1, -0.05) is 69.8 Å². The first-order valence-electron chi connectivity index (χ1n) is 9.29. The average Bonchev–Trinajstić information content (AvgIpc) is 2.50. The number of carboxylic acid groups (broad SMARTS) is 1. The molecule has 0 aliphatic rings. The number of rotatable bonds is 16. The van der Waals surface area contributed by atoms with Crippen LogP contribution < -0.4 is 0 Å². The Morgan fingerprint density at radius 3 is 1.68 bits per heavy atom. The zero-order valence-electron chi connectivity index (χ0n) is 14.6. The molecule has 0 bridgehead atoms. The van der Waals surface area contributed by atoms with E-state index in [1.807, 2.05) is 0 Å². The molecule has 0 heterocycles. The Morgan fingerprint density at radius 2 is 1.14 bits per heavy atom. The van der Waals surface area contributed by atoms with Gasteiger partial charge in [0.25, 0.3) is 0 Å². The van der Waals surface area contributed by atoms with Crippen molar-refractivity contribution >= 4 is 5.97 Å². The molecule has 0 aliphatic carbocycles. The smallest absolute Gasteiger partial charge is 0.303 e. The van der Waals surface area contributed by atoms with Crippen LogP contribution in [0.1, 0.15) is 96.8 Å². The lowest BCUT2D eigenvalue weighted by Gasteiger charge is -1.99. The zero-order valence-corrected chi connectivity index (χ0v) is 14.6. The van der Waals surface area contributed by atoms with Gasteiger partial charge in [-0.25, -0.2) is 0 Å². The molecule has 2 heteroatoms. The van der Waals surface area contributed by atoms with Crippen molar-refractivity contribution in [3.63, 3.8) is 0 Å². The molecular weight excluding hydrogens is 272 g/mol. The van der Waals surface area contributed by atoms with Crippen molar-refractivity contribution in [1.82, 2.24) is 0 Å². The molecule has 0 atom stereocenters. The van der Waals surface area contributed by atoms with Crippen LogP contribution in [0.5, 0.6) is 0 Å². The minimum Gasteiger partial charge on any atom is -0.481 e. The SMILES string of the molecule is CCCCCC=CCCC=CCCCCCCCCC(=O)O. The number of hydrogen-bond donors (Lipinski definition) is 1. The van der Waals surface area contributed by atoms with Crippen molar-refractivity contribution in [3.8, 4) is 0 Å². The number of aliphatic carboxylic acids is 1. The fraction of sp³-hybridized carbons (Fsp3) is 0.750. The second kappa shape index (κ2) is 18.0. The summed E-state index contributed by atoms with van der Waals surface area (Å²) in [4.78, 5) is 10.3. The second-order valence-electron chi connectivity index (χ2n) is 6.07. The lowest BCUT2D eigenvalue weighted by atomic mass is 10.1. The van der Waals surface area contributed by atoms with E-state index >= 15 is 0 Å². The molecule has 22 heavy (non-hydrogen) atoms. The number of allylic oxidation sites excluding steroid dienone is 4. The minimum absolute atomic E-state index is 0.329. The first-order valence-corrected chi connectivity index (χ1v) is 9.29. The Balaban J connectivity index is 3.16. The van der Waals surface area contributed by atoms with E-state index in [9.17, 15) is 4.79 Å². The molecule has 0 fully saturated rings. The fourth-order valence-corrected chi connectivity index (χ4v) is 2.42. The van der Waals surface area contributed by atoms with Gasteiger partial charge in [-0.15, -0.1) is 0 Å². The average molecular weight is 309 g/mol. The van der Waals surface area contributed by atoms with Gasteiger partial charge in [-0.2, -0.15) is 0 Å². The summed E-state index contributed by atoms with van der Waals surface area (Å²) in [7, 11) is 0. The van der Waals surface area contributed by atoms with Crippen LogP contribution in [0.15, 0.2) is 24.3 Å². The molecule has 0 aromatic heterocycles. The molecular formula is C20H36O2. The van der Waals surface area contributed by atoms with E-state index in [0.717, 1.165) is 12.8 Å². The van der Waals surface area contributed by atoms with Crippen LogP contribution in [0.2, 0.25) is 0 Å². The Bertz CT molecular complexity index is 292. The number of hydrogen-bond acceptors (Lipinski definition) is 1. The minimum atomic E-state index is -0.666. The highest BCUT2D eigenvalue weighted by Crippen LogP contribution is 2.09. The molecule has 0 rings (SSSR count). The number of carboxylic acids is 1. The third-order valence-electron chi connectivity index (χ3n) is 3.82.